The number of nitrogens with zero attached hydrogens (tertiary/aromatic N) is 5. The number of hydrogen-bond donors (Lipinski definition) is 4. The van der Waals surface area contributed by atoms with Crippen LogP contribution in [0.3, 0.4) is 0 Å². The van der Waals surface area contributed by atoms with Gasteiger partial charge in [-0.1, -0.05) is 24.3 Å². The molecule has 4 heterocycles. The van der Waals surface area contributed by atoms with E-state index in [0.717, 1.165) is 11.1 Å². The number of alkyl halides is 3. The van der Waals surface area contributed by atoms with Gasteiger partial charge in [-0.15, -0.1) is 0 Å². The number of anilines is 2. The fraction of sp³-hybridized carbons (Fsp3) is 0.394. The summed E-state index contributed by atoms with van der Waals surface area (Å²) in [6, 6.07) is 12.5. The maximum atomic E-state index is 15.0. The van der Waals surface area contributed by atoms with Crippen molar-refractivity contribution in [3.05, 3.63) is 77.1 Å². The number of carboxylic acids is 1. The lowest BCUT2D eigenvalue weighted by Gasteiger charge is -2.39. The van der Waals surface area contributed by atoms with Crippen molar-refractivity contribution in [2.75, 3.05) is 30.3 Å². The monoisotopic (exact) mass is 651 g/mol. The number of aliphatic hydroxyl groups excluding tert-OH is 1. The van der Waals surface area contributed by atoms with Crippen LogP contribution in [-0.2, 0) is 11.4 Å². The number of nitrogens with one attached hydrogen (secondary N) is 1. The smallest absolute Gasteiger partial charge is 0.429 e. The molecule has 6 rings (SSSR count). The van der Waals surface area contributed by atoms with Crippen LogP contribution >= 0.6 is 0 Å². The van der Waals surface area contributed by atoms with Crippen LogP contribution in [0.2, 0.25) is 0 Å². The van der Waals surface area contributed by atoms with Crippen LogP contribution in [0.15, 0.2) is 54.7 Å². The molecule has 0 saturated carbocycles. The normalized spacial score (nSPS) is 18.4. The van der Waals surface area contributed by atoms with E-state index in [2.05, 4.69) is 20.4 Å². The molecule has 1 spiro atoms. The number of aliphatic carboxylic acids is 1. The van der Waals surface area contributed by atoms with Gasteiger partial charge in [0.1, 0.15) is 11.9 Å². The van der Waals surface area contributed by atoms with Gasteiger partial charge in [0.2, 0.25) is 17.9 Å². The standard InChI is InChI=1S/C33H36F3N7O4/c1-19-13-21(3-4-23(19)17-44)22-5-6-26(43-10-7-20(2)41-43)24(14-22)29(33(34,35)36)47-28-15-27(39-31(37)40-28)42-11-8-32(9-12-42)16-25(30(45)46)38-18-32/h3-7,10,13-15,25,29,38,44H,8-9,11-12,16-18H2,1-2H3,(H,45,46)(H2,37,39,40)/t25-,29+/m0/s1. The van der Waals surface area contributed by atoms with Gasteiger partial charge in [-0.05, 0) is 79.0 Å². The van der Waals surface area contributed by atoms with Crippen LogP contribution in [0.5, 0.6) is 5.88 Å². The lowest BCUT2D eigenvalue weighted by molar-refractivity contribution is -0.198. The molecule has 0 aliphatic carbocycles. The van der Waals surface area contributed by atoms with Gasteiger partial charge in [-0.2, -0.15) is 28.2 Å². The minimum Gasteiger partial charge on any atom is -0.480 e. The van der Waals surface area contributed by atoms with E-state index >= 15 is 0 Å². The van der Waals surface area contributed by atoms with Gasteiger partial charge in [0.15, 0.2) is 0 Å². The Morgan fingerprint density at radius 1 is 1.11 bits per heavy atom. The molecule has 0 bridgehead atoms. The van der Waals surface area contributed by atoms with E-state index in [4.69, 9.17) is 10.5 Å². The molecule has 5 N–H and O–H groups in total. The second kappa shape index (κ2) is 12.5. The molecule has 2 fully saturated rings. The SMILES string of the molecule is Cc1ccn(-c2ccc(-c3ccc(CO)c(C)c3)cc2[C@@H](Oc2cc(N3CCC4(CC3)CN[C@H](C(=O)O)C4)nc(N)n2)C(F)(F)F)n1. The Kier molecular flexibility index (Phi) is 8.57. The first kappa shape index (κ1) is 32.3. The van der Waals surface area contributed by atoms with Gasteiger partial charge in [0, 0.05) is 37.5 Å². The summed E-state index contributed by atoms with van der Waals surface area (Å²) in [5, 5.41) is 26.4. The Morgan fingerprint density at radius 2 is 1.83 bits per heavy atom. The highest BCUT2D eigenvalue weighted by atomic mass is 19.4. The predicted molar refractivity (Wildman–Crippen MR) is 168 cm³/mol. The molecule has 2 aliphatic heterocycles. The molecule has 2 aromatic heterocycles. The number of rotatable bonds is 8. The first-order valence-electron chi connectivity index (χ1n) is 15.3. The van der Waals surface area contributed by atoms with Crippen molar-refractivity contribution in [1.29, 1.82) is 0 Å². The van der Waals surface area contributed by atoms with Crippen molar-refractivity contribution in [2.45, 2.75) is 58.0 Å². The second-order valence-electron chi connectivity index (χ2n) is 12.4. The van der Waals surface area contributed by atoms with E-state index in [0.29, 0.717) is 61.5 Å². The Hall–Kier alpha value is -4.69. The summed E-state index contributed by atoms with van der Waals surface area (Å²) in [5.41, 5.74) is 9.19. The molecule has 0 radical (unpaired) electrons. The summed E-state index contributed by atoms with van der Waals surface area (Å²) in [4.78, 5) is 21.7. The van der Waals surface area contributed by atoms with E-state index in [1.54, 1.807) is 43.5 Å². The fourth-order valence-corrected chi connectivity index (χ4v) is 6.52. The first-order chi connectivity index (χ1) is 22.3. The number of aliphatic hydroxyl groups is 1. The number of carboxylic acid groups (broad SMARTS) is 1. The van der Waals surface area contributed by atoms with E-state index < -0.39 is 24.3 Å². The van der Waals surface area contributed by atoms with Crippen molar-refractivity contribution in [1.82, 2.24) is 25.1 Å². The summed E-state index contributed by atoms with van der Waals surface area (Å²) in [5.74, 6) is -1.11. The lowest BCUT2D eigenvalue weighted by atomic mass is 9.76. The fourth-order valence-electron chi connectivity index (χ4n) is 6.52. The molecule has 248 valence electrons. The molecule has 0 amide bonds. The first-order valence-corrected chi connectivity index (χ1v) is 15.3. The van der Waals surface area contributed by atoms with Gasteiger partial charge >= 0.3 is 12.1 Å². The van der Waals surface area contributed by atoms with Gasteiger partial charge < -0.3 is 30.9 Å². The Balaban J connectivity index is 1.33. The topological polar surface area (TPSA) is 152 Å². The number of ether oxygens (including phenoxy) is 1. The number of nitrogens with two attached hydrogens (primary N) is 1. The molecule has 2 saturated heterocycles. The summed E-state index contributed by atoms with van der Waals surface area (Å²) in [6.07, 6.45) is -3.82. The summed E-state index contributed by atoms with van der Waals surface area (Å²) < 4.78 is 52.0. The molecule has 2 aromatic carbocycles. The van der Waals surface area contributed by atoms with Crippen LogP contribution < -0.4 is 20.7 Å². The van der Waals surface area contributed by atoms with Crippen molar-refractivity contribution < 1.29 is 32.9 Å². The Morgan fingerprint density at radius 3 is 2.45 bits per heavy atom. The van der Waals surface area contributed by atoms with Crippen LogP contribution in [0.25, 0.3) is 16.8 Å². The number of halogens is 3. The molecule has 47 heavy (non-hydrogen) atoms. The van der Waals surface area contributed by atoms with E-state index in [1.165, 1.54) is 16.8 Å². The number of piperidine rings is 1. The van der Waals surface area contributed by atoms with Crippen LogP contribution in [-0.4, -0.2) is 67.8 Å². The highest BCUT2D eigenvalue weighted by molar-refractivity contribution is 5.74. The molecule has 4 aromatic rings. The van der Waals surface area contributed by atoms with Crippen molar-refractivity contribution in [2.24, 2.45) is 5.41 Å². The summed E-state index contributed by atoms with van der Waals surface area (Å²) in [7, 11) is 0. The van der Waals surface area contributed by atoms with Gasteiger partial charge in [0.25, 0.3) is 0 Å². The van der Waals surface area contributed by atoms with Crippen LogP contribution in [0, 0.1) is 19.3 Å². The molecular formula is C33H36F3N7O4. The third-order valence-electron chi connectivity index (χ3n) is 9.17. The van der Waals surface area contributed by atoms with Crippen molar-refractivity contribution in [3.63, 3.8) is 0 Å². The average molecular weight is 652 g/mol. The quantitative estimate of drug-likeness (QED) is 0.210. The van der Waals surface area contributed by atoms with Gasteiger partial charge in [0.05, 0.1) is 18.0 Å². The predicted octanol–water partition coefficient (Wildman–Crippen LogP) is 4.74. The molecular weight excluding hydrogens is 615 g/mol. The zero-order valence-electron chi connectivity index (χ0n) is 26.0. The molecule has 2 aliphatic rings. The van der Waals surface area contributed by atoms with E-state index in [1.807, 2.05) is 17.9 Å². The molecule has 11 nitrogen and oxygen atoms in total. The molecule has 14 heteroatoms. The number of aryl methyl sites for hydroxylation is 2. The van der Waals surface area contributed by atoms with Crippen molar-refractivity contribution in [3.8, 4) is 22.7 Å². The largest absolute Gasteiger partial charge is 0.480 e. The van der Waals surface area contributed by atoms with Gasteiger partial charge in [-0.25, -0.2) is 4.68 Å². The minimum atomic E-state index is -4.86. The maximum Gasteiger partial charge on any atom is 0.429 e. The average Bonchev–Trinajstić information content (AvgIpc) is 3.65. The third kappa shape index (κ3) is 6.74. The summed E-state index contributed by atoms with van der Waals surface area (Å²) >= 11 is 0. The number of nitrogen functional groups attached to an aromatic ring is 1. The highest BCUT2D eigenvalue weighted by Gasteiger charge is 2.46. The second-order valence-corrected chi connectivity index (χ2v) is 12.4. The van der Waals surface area contributed by atoms with E-state index in [9.17, 15) is 28.2 Å². The number of carbonyl (C=O) groups is 1. The minimum absolute atomic E-state index is 0.149. The maximum absolute atomic E-state index is 15.0. The lowest BCUT2D eigenvalue weighted by Crippen LogP contribution is -2.41. The molecule has 2 atom stereocenters. The number of hydrogen-bond acceptors (Lipinski definition) is 9. The number of aromatic nitrogens is 4. The number of benzene rings is 2. The Labute approximate surface area is 269 Å². The van der Waals surface area contributed by atoms with Crippen molar-refractivity contribution >= 4 is 17.7 Å². The van der Waals surface area contributed by atoms with Crippen LogP contribution in [0.1, 0.15) is 47.8 Å². The molecule has 0 unspecified atom stereocenters. The zero-order valence-corrected chi connectivity index (χ0v) is 26.0. The third-order valence-corrected chi connectivity index (χ3v) is 9.17. The van der Waals surface area contributed by atoms with Crippen LogP contribution in [0.4, 0.5) is 24.9 Å². The van der Waals surface area contributed by atoms with Gasteiger partial charge in [-0.3, -0.25) is 4.79 Å². The zero-order chi connectivity index (χ0) is 33.5. The highest BCUT2D eigenvalue weighted by Crippen LogP contribution is 2.43. The summed E-state index contributed by atoms with van der Waals surface area (Å²) in [6.45, 7) is 5.06. The Bertz CT molecular complexity index is 1790. The van der Waals surface area contributed by atoms with E-state index in [-0.39, 0.29) is 35.1 Å².